The van der Waals surface area contributed by atoms with Crippen molar-refractivity contribution >= 4 is 5.97 Å². The van der Waals surface area contributed by atoms with Crippen molar-refractivity contribution in [2.75, 3.05) is 0 Å². The minimum absolute atomic E-state index is 0.0417. The van der Waals surface area contributed by atoms with Gasteiger partial charge in [0.25, 0.3) is 0 Å². The molecule has 1 N–H and O–H groups in total. The Morgan fingerprint density at radius 3 is 2.54 bits per heavy atom. The van der Waals surface area contributed by atoms with Crippen molar-refractivity contribution in [1.82, 2.24) is 0 Å². The van der Waals surface area contributed by atoms with E-state index in [0.29, 0.717) is 0 Å². The standard InChI is InChI=1S/C11H15O2/c1-8(9-6-4-5-7-9)11(2,3)10(12)13/h4-8H,1-3H3,(H,12,13). The van der Waals surface area contributed by atoms with E-state index < -0.39 is 11.4 Å². The fraction of sp³-hybridized carbons (Fsp3) is 0.455. The number of rotatable bonds is 3. The Hall–Kier alpha value is -1.05. The molecule has 1 unspecified atom stereocenters. The summed E-state index contributed by atoms with van der Waals surface area (Å²) in [6, 6.07) is 0. The molecule has 1 aliphatic rings. The molecule has 0 saturated carbocycles. The molecule has 2 nitrogen and oxygen atoms in total. The summed E-state index contributed by atoms with van der Waals surface area (Å²) >= 11 is 0. The molecule has 0 aromatic rings. The van der Waals surface area contributed by atoms with Crippen LogP contribution >= 0.6 is 0 Å². The van der Waals surface area contributed by atoms with Crippen LogP contribution in [0.5, 0.6) is 0 Å². The molecule has 0 fully saturated rings. The second-order valence-corrected chi connectivity index (χ2v) is 3.97. The van der Waals surface area contributed by atoms with Gasteiger partial charge in [-0.2, -0.15) is 0 Å². The van der Waals surface area contributed by atoms with Crippen molar-refractivity contribution in [1.29, 1.82) is 0 Å². The zero-order valence-corrected chi connectivity index (χ0v) is 8.24. The first-order valence-corrected chi connectivity index (χ1v) is 4.41. The Balaban J connectivity index is 2.82. The van der Waals surface area contributed by atoms with Gasteiger partial charge in [-0.3, -0.25) is 4.79 Å². The SMILES string of the molecule is CC(C1=C[CH]C=C1)C(C)(C)C(=O)O. The normalized spacial score (nSPS) is 18.5. The van der Waals surface area contributed by atoms with Gasteiger partial charge in [0.2, 0.25) is 0 Å². The van der Waals surface area contributed by atoms with Crippen molar-refractivity contribution in [2.24, 2.45) is 11.3 Å². The maximum Gasteiger partial charge on any atom is 0.309 e. The molecule has 0 aromatic heterocycles. The molecular formula is C11H15O2. The van der Waals surface area contributed by atoms with Gasteiger partial charge in [-0.15, -0.1) is 0 Å². The lowest BCUT2D eigenvalue weighted by atomic mass is 9.76. The Kier molecular flexibility index (Phi) is 2.60. The topological polar surface area (TPSA) is 37.3 Å². The summed E-state index contributed by atoms with van der Waals surface area (Å²) in [6.07, 6.45) is 7.80. The van der Waals surface area contributed by atoms with Crippen LogP contribution in [0, 0.1) is 17.8 Å². The number of allylic oxidation sites excluding steroid dienone is 4. The van der Waals surface area contributed by atoms with Gasteiger partial charge in [0.15, 0.2) is 0 Å². The number of carboxylic acids is 1. The predicted octanol–water partition coefficient (Wildman–Crippen LogP) is 2.43. The molecule has 1 rings (SSSR count). The van der Waals surface area contributed by atoms with E-state index in [1.807, 2.05) is 31.6 Å². The summed E-state index contributed by atoms with van der Waals surface area (Å²) in [7, 11) is 0. The van der Waals surface area contributed by atoms with E-state index >= 15 is 0 Å². The van der Waals surface area contributed by atoms with Crippen molar-refractivity contribution in [3.05, 3.63) is 30.2 Å². The third-order valence-electron chi connectivity index (χ3n) is 2.82. The zero-order valence-electron chi connectivity index (χ0n) is 8.24. The van der Waals surface area contributed by atoms with Gasteiger partial charge in [-0.1, -0.05) is 25.2 Å². The number of carboxylic acid groups (broad SMARTS) is 1. The third-order valence-corrected chi connectivity index (χ3v) is 2.82. The predicted molar refractivity (Wildman–Crippen MR) is 52.1 cm³/mol. The minimum atomic E-state index is -0.749. The van der Waals surface area contributed by atoms with Gasteiger partial charge in [-0.25, -0.2) is 0 Å². The lowest BCUT2D eigenvalue weighted by Gasteiger charge is -2.27. The molecule has 0 heterocycles. The van der Waals surface area contributed by atoms with E-state index in [-0.39, 0.29) is 5.92 Å². The van der Waals surface area contributed by atoms with E-state index in [2.05, 4.69) is 0 Å². The Bertz CT molecular complexity index is 272. The van der Waals surface area contributed by atoms with Crippen LogP contribution in [0.3, 0.4) is 0 Å². The molecule has 1 radical (unpaired) electrons. The van der Waals surface area contributed by atoms with Gasteiger partial charge < -0.3 is 5.11 Å². The molecule has 1 aliphatic carbocycles. The van der Waals surface area contributed by atoms with E-state index in [1.165, 1.54) is 0 Å². The second-order valence-electron chi connectivity index (χ2n) is 3.97. The first-order valence-electron chi connectivity index (χ1n) is 4.41. The van der Waals surface area contributed by atoms with E-state index in [0.717, 1.165) is 5.57 Å². The molecule has 2 heteroatoms. The van der Waals surface area contributed by atoms with Gasteiger partial charge in [0, 0.05) is 6.42 Å². The number of carbonyl (C=O) groups is 1. The summed E-state index contributed by atoms with van der Waals surface area (Å²) in [6.45, 7) is 5.46. The van der Waals surface area contributed by atoms with Crippen LogP contribution in [0.15, 0.2) is 23.8 Å². The van der Waals surface area contributed by atoms with Crippen molar-refractivity contribution in [3.63, 3.8) is 0 Å². The fourth-order valence-electron chi connectivity index (χ4n) is 1.28. The van der Waals surface area contributed by atoms with Crippen molar-refractivity contribution in [2.45, 2.75) is 20.8 Å². The maximum atomic E-state index is 11.0. The zero-order chi connectivity index (χ0) is 10.1. The molecule has 13 heavy (non-hydrogen) atoms. The van der Waals surface area contributed by atoms with Gasteiger partial charge in [0.05, 0.1) is 5.41 Å². The lowest BCUT2D eigenvalue weighted by Crippen LogP contribution is -2.31. The third kappa shape index (κ3) is 1.82. The highest BCUT2D eigenvalue weighted by molar-refractivity contribution is 5.74. The molecule has 71 valence electrons. The molecule has 0 saturated heterocycles. The maximum absolute atomic E-state index is 11.0. The summed E-state index contributed by atoms with van der Waals surface area (Å²) < 4.78 is 0. The fourth-order valence-corrected chi connectivity index (χ4v) is 1.28. The molecule has 0 aliphatic heterocycles. The number of aliphatic carboxylic acids is 1. The van der Waals surface area contributed by atoms with Crippen LogP contribution in [0.2, 0.25) is 0 Å². The van der Waals surface area contributed by atoms with Crippen LogP contribution < -0.4 is 0 Å². The monoisotopic (exact) mass is 179 g/mol. The van der Waals surface area contributed by atoms with Crippen LogP contribution in [-0.2, 0) is 4.79 Å². The molecule has 0 bridgehead atoms. The average Bonchev–Trinajstić information content (AvgIpc) is 2.54. The average molecular weight is 179 g/mol. The highest BCUT2D eigenvalue weighted by Gasteiger charge is 2.35. The highest BCUT2D eigenvalue weighted by Crippen LogP contribution is 2.34. The smallest absolute Gasteiger partial charge is 0.309 e. The van der Waals surface area contributed by atoms with Gasteiger partial charge >= 0.3 is 5.97 Å². The first kappa shape index (κ1) is 10.0. The van der Waals surface area contributed by atoms with E-state index in [4.69, 9.17) is 5.11 Å². The van der Waals surface area contributed by atoms with Crippen LogP contribution in [0.4, 0.5) is 0 Å². The lowest BCUT2D eigenvalue weighted by molar-refractivity contribution is -0.148. The summed E-state index contributed by atoms with van der Waals surface area (Å²) in [5.41, 5.74) is 0.390. The second kappa shape index (κ2) is 3.36. The van der Waals surface area contributed by atoms with Crippen LogP contribution in [0.1, 0.15) is 20.8 Å². The quantitative estimate of drug-likeness (QED) is 0.722. The van der Waals surface area contributed by atoms with Crippen molar-refractivity contribution < 1.29 is 9.90 Å². The Morgan fingerprint density at radius 2 is 2.15 bits per heavy atom. The number of hydrogen-bond acceptors (Lipinski definition) is 1. The Morgan fingerprint density at radius 1 is 1.54 bits per heavy atom. The van der Waals surface area contributed by atoms with E-state index in [1.54, 1.807) is 13.8 Å². The van der Waals surface area contributed by atoms with Crippen molar-refractivity contribution in [3.8, 4) is 0 Å². The molecule has 0 spiro atoms. The Labute approximate surface area is 79.0 Å². The largest absolute Gasteiger partial charge is 0.481 e. The summed E-state index contributed by atoms with van der Waals surface area (Å²) in [4.78, 5) is 11.0. The number of hydrogen-bond donors (Lipinski definition) is 1. The van der Waals surface area contributed by atoms with Crippen LogP contribution in [-0.4, -0.2) is 11.1 Å². The molecule has 0 aromatic carbocycles. The summed E-state index contributed by atoms with van der Waals surface area (Å²) in [5.74, 6) is -0.707. The van der Waals surface area contributed by atoms with E-state index in [9.17, 15) is 4.79 Å². The van der Waals surface area contributed by atoms with Gasteiger partial charge in [0.1, 0.15) is 0 Å². The highest BCUT2D eigenvalue weighted by atomic mass is 16.4. The van der Waals surface area contributed by atoms with Gasteiger partial charge in [-0.05, 0) is 25.3 Å². The molecule has 0 amide bonds. The van der Waals surface area contributed by atoms with Crippen LogP contribution in [0.25, 0.3) is 0 Å². The molecular weight excluding hydrogens is 164 g/mol. The minimum Gasteiger partial charge on any atom is -0.481 e. The first-order chi connectivity index (χ1) is 5.96. The summed E-state index contributed by atoms with van der Waals surface area (Å²) in [5, 5.41) is 9.01. The molecule has 1 atom stereocenters.